The number of hydrogen-bond donors (Lipinski definition) is 0. The quantitative estimate of drug-likeness (QED) is 0.829. The molecule has 2 aromatic carbocycles. The average Bonchev–Trinajstić information content (AvgIpc) is 2.36. The number of ether oxygens (including phenoxy) is 2. The molecule has 0 N–H and O–H groups in total. The summed E-state index contributed by atoms with van der Waals surface area (Å²) in [7, 11) is 0. The van der Waals surface area contributed by atoms with E-state index in [1.54, 1.807) is 24.3 Å². The van der Waals surface area contributed by atoms with Gasteiger partial charge in [-0.2, -0.15) is 13.2 Å². The first-order valence-corrected chi connectivity index (χ1v) is 5.84. The van der Waals surface area contributed by atoms with E-state index in [1.807, 2.05) is 13.0 Å². The summed E-state index contributed by atoms with van der Waals surface area (Å²) in [4.78, 5) is 0. The largest absolute Gasteiger partial charge is 0.494 e. The molecule has 5 heteroatoms. The normalized spacial score (nSPS) is 11.6. The maximum absolute atomic E-state index is 12.1. The molecule has 0 aromatic heterocycles. The van der Waals surface area contributed by atoms with Crippen molar-refractivity contribution in [3.8, 4) is 11.5 Å². The predicted molar refractivity (Wildman–Crippen MR) is 66.7 cm³/mol. The fourth-order valence-electron chi connectivity index (χ4n) is 1.71. The zero-order valence-electron chi connectivity index (χ0n) is 10.3. The van der Waals surface area contributed by atoms with Crippen molar-refractivity contribution in [2.45, 2.75) is 13.1 Å². The van der Waals surface area contributed by atoms with E-state index in [-0.39, 0.29) is 5.75 Å². The first-order chi connectivity index (χ1) is 8.98. The molecule has 0 spiro atoms. The molecule has 19 heavy (non-hydrogen) atoms. The Kier molecular flexibility index (Phi) is 3.83. The Labute approximate surface area is 108 Å². The Morgan fingerprint density at radius 2 is 1.42 bits per heavy atom. The van der Waals surface area contributed by atoms with Crippen LogP contribution in [0.3, 0.4) is 0 Å². The summed E-state index contributed by atoms with van der Waals surface area (Å²) in [6, 6.07) is 10.2. The summed E-state index contributed by atoms with van der Waals surface area (Å²) in [5.74, 6) is 0.938. The van der Waals surface area contributed by atoms with Crippen LogP contribution >= 0.6 is 0 Å². The van der Waals surface area contributed by atoms with Crippen LogP contribution < -0.4 is 9.47 Å². The average molecular weight is 270 g/mol. The van der Waals surface area contributed by atoms with Gasteiger partial charge in [-0.25, -0.2) is 0 Å². The maximum Gasteiger partial charge on any atom is 0.422 e. The van der Waals surface area contributed by atoms with Crippen LogP contribution in [0.2, 0.25) is 0 Å². The number of alkyl halides is 3. The third-order valence-electron chi connectivity index (χ3n) is 2.50. The summed E-state index contributed by atoms with van der Waals surface area (Å²) in [6.45, 7) is 1.17. The monoisotopic (exact) mass is 270 g/mol. The van der Waals surface area contributed by atoms with Crippen molar-refractivity contribution >= 4 is 10.8 Å². The standard InChI is InChI=1S/C14H13F3O2/c1-2-18-12-5-3-11-8-13(6-4-10(11)7-12)19-9-14(15,16)17/h3-8H,2,9H2,1H3. The van der Waals surface area contributed by atoms with E-state index in [9.17, 15) is 13.2 Å². The number of hydrogen-bond acceptors (Lipinski definition) is 2. The Hall–Kier alpha value is -1.91. The Morgan fingerprint density at radius 3 is 1.89 bits per heavy atom. The molecular formula is C14H13F3O2. The second-order valence-corrected chi connectivity index (χ2v) is 4.01. The van der Waals surface area contributed by atoms with Gasteiger partial charge in [-0.3, -0.25) is 0 Å². The van der Waals surface area contributed by atoms with E-state index in [0.717, 1.165) is 16.5 Å². The highest BCUT2D eigenvalue weighted by Gasteiger charge is 2.28. The van der Waals surface area contributed by atoms with Crippen LogP contribution in [0.4, 0.5) is 13.2 Å². The highest BCUT2D eigenvalue weighted by Crippen LogP contribution is 2.26. The van der Waals surface area contributed by atoms with Gasteiger partial charge in [-0.15, -0.1) is 0 Å². The van der Waals surface area contributed by atoms with Gasteiger partial charge in [-0.1, -0.05) is 12.1 Å². The lowest BCUT2D eigenvalue weighted by Crippen LogP contribution is -2.19. The molecule has 0 unspecified atom stereocenters. The molecule has 0 heterocycles. The van der Waals surface area contributed by atoms with Crippen molar-refractivity contribution in [3.63, 3.8) is 0 Å². The highest BCUT2D eigenvalue weighted by molar-refractivity contribution is 5.85. The van der Waals surface area contributed by atoms with Crippen LogP contribution in [0, 0.1) is 0 Å². The molecule has 0 atom stereocenters. The number of rotatable bonds is 4. The van der Waals surface area contributed by atoms with Crippen LogP contribution in [0.15, 0.2) is 36.4 Å². The van der Waals surface area contributed by atoms with Gasteiger partial charge in [0, 0.05) is 0 Å². The van der Waals surface area contributed by atoms with E-state index in [1.165, 1.54) is 6.07 Å². The minimum Gasteiger partial charge on any atom is -0.494 e. The molecule has 0 bridgehead atoms. The van der Waals surface area contributed by atoms with E-state index in [2.05, 4.69) is 0 Å². The second-order valence-electron chi connectivity index (χ2n) is 4.01. The van der Waals surface area contributed by atoms with E-state index < -0.39 is 12.8 Å². The topological polar surface area (TPSA) is 18.5 Å². The maximum atomic E-state index is 12.1. The van der Waals surface area contributed by atoms with Crippen LogP contribution in [0.25, 0.3) is 10.8 Å². The second kappa shape index (κ2) is 5.38. The SMILES string of the molecule is CCOc1ccc2cc(OCC(F)(F)F)ccc2c1. The Balaban J connectivity index is 2.19. The fraction of sp³-hybridized carbons (Fsp3) is 0.286. The van der Waals surface area contributed by atoms with Crippen molar-refractivity contribution in [1.29, 1.82) is 0 Å². The van der Waals surface area contributed by atoms with Gasteiger partial charge in [0.05, 0.1) is 6.61 Å². The predicted octanol–water partition coefficient (Wildman–Crippen LogP) is 4.18. The summed E-state index contributed by atoms with van der Waals surface area (Å²) < 4.78 is 46.2. The third-order valence-corrected chi connectivity index (χ3v) is 2.50. The van der Waals surface area contributed by atoms with Gasteiger partial charge >= 0.3 is 6.18 Å². The lowest BCUT2D eigenvalue weighted by atomic mass is 10.1. The van der Waals surface area contributed by atoms with E-state index >= 15 is 0 Å². The molecule has 0 aliphatic heterocycles. The van der Waals surface area contributed by atoms with Gasteiger partial charge in [0.15, 0.2) is 6.61 Å². The van der Waals surface area contributed by atoms with Crippen LogP contribution in [-0.2, 0) is 0 Å². The molecule has 2 rings (SSSR count). The van der Waals surface area contributed by atoms with E-state index in [0.29, 0.717) is 6.61 Å². The van der Waals surface area contributed by atoms with Crippen LogP contribution in [-0.4, -0.2) is 19.4 Å². The molecule has 0 saturated heterocycles. The molecule has 2 nitrogen and oxygen atoms in total. The van der Waals surface area contributed by atoms with Crippen LogP contribution in [0.1, 0.15) is 6.92 Å². The van der Waals surface area contributed by atoms with Crippen molar-refractivity contribution in [1.82, 2.24) is 0 Å². The molecule has 0 saturated carbocycles. The first-order valence-electron chi connectivity index (χ1n) is 5.84. The van der Waals surface area contributed by atoms with Crippen molar-refractivity contribution in [3.05, 3.63) is 36.4 Å². The molecule has 0 fully saturated rings. The summed E-state index contributed by atoms with van der Waals surface area (Å²) in [5, 5.41) is 1.70. The molecule has 102 valence electrons. The number of fused-ring (bicyclic) bond motifs is 1. The minimum atomic E-state index is -4.33. The molecule has 0 aliphatic rings. The van der Waals surface area contributed by atoms with Gasteiger partial charge in [0.1, 0.15) is 11.5 Å². The lowest BCUT2D eigenvalue weighted by Gasteiger charge is -2.10. The lowest BCUT2D eigenvalue weighted by molar-refractivity contribution is -0.153. The molecule has 0 radical (unpaired) electrons. The zero-order chi connectivity index (χ0) is 13.9. The van der Waals surface area contributed by atoms with Crippen molar-refractivity contribution in [2.75, 3.05) is 13.2 Å². The van der Waals surface area contributed by atoms with E-state index in [4.69, 9.17) is 9.47 Å². The third kappa shape index (κ3) is 3.77. The van der Waals surface area contributed by atoms with Gasteiger partial charge in [0.2, 0.25) is 0 Å². The Morgan fingerprint density at radius 1 is 0.895 bits per heavy atom. The summed E-state index contributed by atoms with van der Waals surface area (Å²) in [5.41, 5.74) is 0. The van der Waals surface area contributed by atoms with Crippen molar-refractivity contribution in [2.24, 2.45) is 0 Å². The zero-order valence-corrected chi connectivity index (χ0v) is 10.3. The highest BCUT2D eigenvalue weighted by atomic mass is 19.4. The number of benzene rings is 2. The molecule has 0 amide bonds. The van der Waals surface area contributed by atoms with Crippen molar-refractivity contribution < 1.29 is 22.6 Å². The first kappa shape index (κ1) is 13.5. The molecule has 0 aliphatic carbocycles. The Bertz CT molecular complexity index is 564. The molecular weight excluding hydrogens is 257 g/mol. The smallest absolute Gasteiger partial charge is 0.422 e. The van der Waals surface area contributed by atoms with Gasteiger partial charge < -0.3 is 9.47 Å². The minimum absolute atomic E-state index is 0.203. The van der Waals surface area contributed by atoms with Gasteiger partial charge in [-0.05, 0) is 42.0 Å². The molecule has 2 aromatic rings. The number of halogens is 3. The fourth-order valence-corrected chi connectivity index (χ4v) is 1.71. The summed E-state index contributed by atoms with van der Waals surface area (Å²) >= 11 is 0. The van der Waals surface area contributed by atoms with Crippen LogP contribution in [0.5, 0.6) is 11.5 Å². The van der Waals surface area contributed by atoms with Gasteiger partial charge in [0.25, 0.3) is 0 Å². The summed E-state index contributed by atoms with van der Waals surface area (Å²) in [6.07, 6.45) is -4.33.